The van der Waals surface area contributed by atoms with Crippen molar-refractivity contribution in [2.24, 2.45) is 7.05 Å². The van der Waals surface area contributed by atoms with E-state index in [4.69, 9.17) is 9.47 Å². The highest BCUT2D eigenvalue weighted by Crippen LogP contribution is 2.17. The van der Waals surface area contributed by atoms with Gasteiger partial charge < -0.3 is 19.3 Å². The van der Waals surface area contributed by atoms with Crippen LogP contribution in [0.15, 0.2) is 66.9 Å². The summed E-state index contributed by atoms with van der Waals surface area (Å²) in [5.41, 5.74) is 2.57. The van der Waals surface area contributed by atoms with Crippen LogP contribution in [0.1, 0.15) is 21.6 Å². The third kappa shape index (κ3) is 5.82. The lowest BCUT2D eigenvalue weighted by atomic mass is 10.1. The zero-order chi connectivity index (χ0) is 23.9. The number of rotatable bonds is 8. The normalized spacial score (nSPS) is 16.4. The smallest absolute Gasteiger partial charge is 0.272 e. The second-order valence-electron chi connectivity index (χ2n) is 8.39. The highest BCUT2D eigenvalue weighted by molar-refractivity contribution is 5.95. The molecule has 8 nitrogen and oxygen atoms in total. The lowest BCUT2D eigenvalue weighted by molar-refractivity contribution is -0.131. The Morgan fingerprint density at radius 1 is 1.06 bits per heavy atom. The highest BCUT2D eigenvalue weighted by atomic mass is 16.5. The zero-order valence-electron chi connectivity index (χ0n) is 19.6. The average molecular weight is 463 g/mol. The number of aryl methyl sites for hydroxylation is 1. The first-order valence-electron chi connectivity index (χ1n) is 11.4. The molecule has 1 aromatic heterocycles. The van der Waals surface area contributed by atoms with Crippen molar-refractivity contribution in [2.45, 2.75) is 19.1 Å². The van der Waals surface area contributed by atoms with Gasteiger partial charge in [-0.3, -0.25) is 14.3 Å². The second kappa shape index (κ2) is 11.0. The summed E-state index contributed by atoms with van der Waals surface area (Å²) in [5.74, 6) is 0.446. The standard InChI is InChI=1S/C26H30N4O4/c1-28-24(11-13-27-28)26(32)30-17-23(34-19-21-9-6-10-22(15-21)33-2)16-29(25(31)18-30)14-12-20-7-4-3-5-8-20/h3-11,13,15,23H,12,14,16-19H2,1-2H3/t23-/m1/s1. The van der Waals surface area contributed by atoms with Crippen LogP contribution in [0.25, 0.3) is 0 Å². The van der Waals surface area contributed by atoms with Crippen LogP contribution in [0, 0.1) is 0 Å². The Hall–Kier alpha value is -3.65. The number of nitrogens with zero attached hydrogens (tertiary/aromatic N) is 4. The number of carbonyl (C=O) groups is 2. The number of methoxy groups -OCH3 is 1. The Morgan fingerprint density at radius 2 is 1.85 bits per heavy atom. The molecule has 0 bridgehead atoms. The van der Waals surface area contributed by atoms with Gasteiger partial charge in [-0.15, -0.1) is 0 Å². The first-order chi connectivity index (χ1) is 16.5. The molecule has 4 rings (SSSR count). The summed E-state index contributed by atoms with van der Waals surface area (Å²) in [6.07, 6.45) is 1.99. The van der Waals surface area contributed by atoms with Gasteiger partial charge in [0, 0.05) is 32.9 Å². The number of hydrogen-bond donors (Lipinski definition) is 0. The summed E-state index contributed by atoms with van der Waals surface area (Å²) in [7, 11) is 3.35. The molecular formula is C26H30N4O4. The highest BCUT2D eigenvalue weighted by Gasteiger charge is 2.32. The molecule has 34 heavy (non-hydrogen) atoms. The number of aromatic nitrogens is 2. The summed E-state index contributed by atoms with van der Waals surface area (Å²) in [6.45, 7) is 1.68. The van der Waals surface area contributed by atoms with Crippen molar-refractivity contribution in [2.75, 3.05) is 33.3 Å². The Kier molecular flexibility index (Phi) is 7.59. The second-order valence-corrected chi connectivity index (χ2v) is 8.39. The van der Waals surface area contributed by atoms with Crippen LogP contribution in [-0.4, -0.2) is 70.8 Å². The molecule has 0 saturated carbocycles. The van der Waals surface area contributed by atoms with Crippen LogP contribution in [-0.2, 0) is 29.6 Å². The SMILES string of the molecule is COc1cccc(CO[C@@H]2CN(CCc3ccccc3)C(=O)CN(C(=O)c3ccnn3C)C2)c1. The van der Waals surface area contributed by atoms with E-state index in [1.54, 1.807) is 36.2 Å². The van der Waals surface area contributed by atoms with E-state index in [2.05, 4.69) is 17.2 Å². The lowest BCUT2D eigenvalue weighted by Crippen LogP contribution is -2.40. The van der Waals surface area contributed by atoms with Crippen molar-refractivity contribution >= 4 is 11.8 Å². The van der Waals surface area contributed by atoms with Gasteiger partial charge in [-0.05, 0) is 35.7 Å². The van der Waals surface area contributed by atoms with Gasteiger partial charge in [0.25, 0.3) is 5.91 Å². The van der Waals surface area contributed by atoms with Gasteiger partial charge in [-0.1, -0.05) is 42.5 Å². The van der Waals surface area contributed by atoms with Crippen molar-refractivity contribution in [1.29, 1.82) is 0 Å². The molecular weight excluding hydrogens is 432 g/mol. The predicted molar refractivity (Wildman–Crippen MR) is 127 cm³/mol. The molecule has 1 fully saturated rings. The van der Waals surface area contributed by atoms with Gasteiger partial charge in [-0.2, -0.15) is 5.10 Å². The van der Waals surface area contributed by atoms with Gasteiger partial charge in [0.15, 0.2) is 0 Å². The fourth-order valence-electron chi connectivity index (χ4n) is 4.09. The molecule has 1 atom stereocenters. The third-order valence-corrected chi connectivity index (χ3v) is 5.99. The van der Waals surface area contributed by atoms with Crippen molar-refractivity contribution < 1.29 is 19.1 Å². The summed E-state index contributed by atoms with van der Waals surface area (Å²) < 4.78 is 13.1. The minimum absolute atomic E-state index is 0.0117. The molecule has 0 spiro atoms. The lowest BCUT2D eigenvalue weighted by Gasteiger charge is -2.25. The van der Waals surface area contributed by atoms with E-state index < -0.39 is 0 Å². The van der Waals surface area contributed by atoms with Crippen molar-refractivity contribution in [3.63, 3.8) is 0 Å². The maximum Gasteiger partial charge on any atom is 0.272 e. The summed E-state index contributed by atoms with van der Waals surface area (Å²) in [6, 6.07) is 19.4. The van der Waals surface area contributed by atoms with Crippen LogP contribution in [0.2, 0.25) is 0 Å². The van der Waals surface area contributed by atoms with E-state index in [1.807, 2.05) is 42.5 Å². The number of hydrogen-bond acceptors (Lipinski definition) is 5. The monoisotopic (exact) mass is 462 g/mol. The molecule has 178 valence electrons. The fourth-order valence-corrected chi connectivity index (χ4v) is 4.09. The predicted octanol–water partition coefficient (Wildman–Crippen LogP) is 2.54. The first-order valence-corrected chi connectivity index (χ1v) is 11.4. The molecule has 2 amide bonds. The number of carbonyl (C=O) groups excluding carboxylic acids is 2. The van der Waals surface area contributed by atoms with Gasteiger partial charge in [0.2, 0.25) is 5.91 Å². The van der Waals surface area contributed by atoms with Gasteiger partial charge in [0.1, 0.15) is 18.0 Å². The van der Waals surface area contributed by atoms with Crippen molar-refractivity contribution in [1.82, 2.24) is 19.6 Å². The van der Waals surface area contributed by atoms with Gasteiger partial charge >= 0.3 is 0 Å². The Bertz CT molecular complexity index is 1110. The Labute approximate surface area is 199 Å². The number of ether oxygens (including phenoxy) is 2. The van der Waals surface area contributed by atoms with Gasteiger partial charge in [0.05, 0.1) is 19.8 Å². The molecule has 0 aliphatic carbocycles. The van der Waals surface area contributed by atoms with Crippen LogP contribution in [0.3, 0.4) is 0 Å². The van der Waals surface area contributed by atoms with E-state index in [0.717, 1.165) is 23.3 Å². The molecule has 2 aromatic carbocycles. The molecule has 0 N–H and O–H groups in total. The molecule has 1 aliphatic rings. The molecule has 0 radical (unpaired) electrons. The van der Waals surface area contributed by atoms with Crippen LogP contribution in [0.5, 0.6) is 5.75 Å². The maximum atomic E-state index is 13.2. The van der Waals surface area contributed by atoms with Crippen LogP contribution < -0.4 is 4.74 Å². The minimum Gasteiger partial charge on any atom is -0.497 e. The summed E-state index contributed by atoms with van der Waals surface area (Å²) in [5, 5.41) is 4.10. The quantitative estimate of drug-likeness (QED) is 0.514. The molecule has 2 heterocycles. The van der Waals surface area contributed by atoms with E-state index >= 15 is 0 Å². The molecule has 8 heteroatoms. The molecule has 1 saturated heterocycles. The first kappa shape index (κ1) is 23.5. The maximum absolute atomic E-state index is 13.2. The Morgan fingerprint density at radius 3 is 2.59 bits per heavy atom. The summed E-state index contributed by atoms with van der Waals surface area (Å²) in [4.78, 5) is 29.7. The van der Waals surface area contributed by atoms with Crippen LogP contribution in [0.4, 0.5) is 0 Å². The fraction of sp³-hybridized carbons (Fsp3) is 0.346. The van der Waals surface area contributed by atoms with Crippen molar-refractivity contribution in [3.8, 4) is 5.75 Å². The van der Waals surface area contributed by atoms with E-state index in [-0.39, 0.29) is 24.5 Å². The summed E-state index contributed by atoms with van der Waals surface area (Å²) >= 11 is 0. The van der Waals surface area contributed by atoms with Crippen LogP contribution >= 0.6 is 0 Å². The number of benzene rings is 2. The average Bonchev–Trinajstić information content (AvgIpc) is 3.22. The molecule has 1 aliphatic heterocycles. The van der Waals surface area contributed by atoms with Gasteiger partial charge in [-0.25, -0.2) is 0 Å². The minimum atomic E-state index is -0.328. The number of amides is 2. The van der Waals surface area contributed by atoms with E-state index in [9.17, 15) is 9.59 Å². The Balaban J connectivity index is 1.50. The van der Waals surface area contributed by atoms with E-state index in [0.29, 0.717) is 31.9 Å². The van der Waals surface area contributed by atoms with Crippen molar-refractivity contribution in [3.05, 3.63) is 83.7 Å². The van der Waals surface area contributed by atoms with E-state index in [1.165, 1.54) is 4.68 Å². The molecule has 3 aromatic rings. The largest absolute Gasteiger partial charge is 0.497 e. The topological polar surface area (TPSA) is 76.9 Å². The molecule has 0 unspecified atom stereocenters. The third-order valence-electron chi connectivity index (χ3n) is 5.99. The zero-order valence-corrected chi connectivity index (χ0v) is 19.6.